The fraction of sp³-hybridized carbons (Fsp3) is 0.188. The summed E-state index contributed by atoms with van der Waals surface area (Å²) in [7, 11) is 0. The Labute approximate surface area is 130 Å². The molecule has 0 amide bonds. The number of rotatable bonds is 2. The van der Waals surface area contributed by atoms with Gasteiger partial charge in [-0.1, -0.05) is 6.07 Å². The molecule has 0 radical (unpaired) electrons. The summed E-state index contributed by atoms with van der Waals surface area (Å²) >= 11 is 3.51. The maximum Gasteiger partial charge on any atom is 0.161 e. The summed E-state index contributed by atoms with van der Waals surface area (Å²) in [5, 5.41) is 1.08. The predicted molar refractivity (Wildman–Crippen MR) is 86.9 cm³/mol. The van der Waals surface area contributed by atoms with Crippen LogP contribution in [0.25, 0.3) is 22.3 Å². The van der Waals surface area contributed by atoms with Gasteiger partial charge in [0.1, 0.15) is 5.82 Å². The molecule has 1 aliphatic rings. The third kappa shape index (κ3) is 2.27. The molecule has 3 aromatic rings. The number of fused-ring (bicyclic) bond motifs is 1. The average molecular weight is 341 g/mol. The number of halogens is 1. The van der Waals surface area contributed by atoms with E-state index >= 15 is 0 Å². The van der Waals surface area contributed by atoms with Crippen molar-refractivity contribution in [3.63, 3.8) is 0 Å². The van der Waals surface area contributed by atoms with Gasteiger partial charge in [-0.05, 0) is 53.0 Å². The monoisotopic (exact) mass is 340 g/mol. The summed E-state index contributed by atoms with van der Waals surface area (Å²) in [5.74, 6) is 1.71. The molecule has 4 rings (SSSR count). The Morgan fingerprint density at radius 3 is 2.81 bits per heavy atom. The molecule has 0 saturated heterocycles. The highest BCUT2D eigenvalue weighted by molar-refractivity contribution is 9.10. The molecule has 2 N–H and O–H groups in total. The fourth-order valence-corrected chi connectivity index (χ4v) is 2.95. The summed E-state index contributed by atoms with van der Waals surface area (Å²) in [6.07, 6.45) is 4.15. The SMILES string of the molecule is Nc1nc(-c2ccc3ncccc3c2)nc(C2CC2)c1Br. The van der Waals surface area contributed by atoms with Gasteiger partial charge < -0.3 is 5.73 Å². The molecule has 0 aliphatic heterocycles. The zero-order valence-electron chi connectivity index (χ0n) is 11.3. The lowest BCUT2D eigenvalue weighted by atomic mass is 10.1. The second-order valence-corrected chi connectivity index (χ2v) is 6.11. The van der Waals surface area contributed by atoms with Crippen molar-refractivity contribution in [2.75, 3.05) is 5.73 Å². The van der Waals surface area contributed by atoms with Gasteiger partial charge >= 0.3 is 0 Å². The van der Waals surface area contributed by atoms with Crippen LogP contribution in [-0.2, 0) is 0 Å². The van der Waals surface area contributed by atoms with Gasteiger partial charge in [0.05, 0.1) is 15.7 Å². The Kier molecular flexibility index (Phi) is 2.89. The predicted octanol–water partition coefficient (Wildman–Crippen LogP) is 3.91. The zero-order chi connectivity index (χ0) is 14.4. The third-order valence-corrected chi connectivity index (χ3v) is 4.54. The van der Waals surface area contributed by atoms with Crippen molar-refractivity contribution >= 4 is 32.7 Å². The number of anilines is 1. The van der Waals surface area contributed by atoms with E-state index in [0.29, 0.717) is 17.6 Å². The maximum atomic E-state index is 6.03. The highest BCUT2D eigenvalue weighted by Crippen LogP contribution is 2.44. The van der Waals surface area contributed by atoms with Crippen LogP contribution >= 0.6 is 15.9 Å². The van der Waals surface area contributed by atoms with Crippen LogP contribution in [0.3, 0.4) is 0 Å². The summed E-state index contributed by atoms with van der Waals surface area (Å²) in [6.45, 7) is 0. The Hall–Kier alpha value is -2.01. The van der Waals surface area contributed by atoms with Crippen LogP contribution in [0.4, 0.5) is 5.82 Å². The van der Waals surface area contributed by atoms with Crippen molar-refractivity contribution in [2.45, 2.75) is 18.8 Å². The minimum atomic E-state index is 0.508. The normalized spacial score (nSPS) is 14.5. The van der Waals surface area contributed by atoms with Crippen molar-refractivity contribution in [1.82, 2.24) is 15.0 Å². The van der Waals surface area contributed by atoms with Gasteiger partial charge in [0, 0.05) is 23.1 Å². The quantitative estimate of drug-likeness (QED) is 0.767. The third-order valence-electron chi connectivity index (χ3n) is 3.73. The van der Waals surface area contributed by atoms with E-state index in [0.717, 1.165) is 26.6 Å². The highest BCUT2D eigenvalue weighted by Gasteiger charge is 2.29. The van der Waals surface area contributed by atoms with E-state index < -0.39 is 0 Å². The molecule has 1 fully saturated rings. The van der Waals surface area contributed by atoms with Crippen LogP contribution in [0.2, 0.25) is 0 Å². The molecule has 104 valence electrons. The number of hydrogen-bond donors (Lipinski definition) is 1. The van der Waals surface area contributed by atoms with Crippen molar-refractivity contribution in [3.05, 3.63) is 46.7 Å². The molecule has 21 heavy (non-hydrogen) atoms. The van der Waals surface area contributed by atoms with Crippen molar-refractivity contribution in [2.24, 2.45) is 0 Å². The first-order chi connectivity index (χ1) is 10.2. The Morgan fingerprint density at radius 1 is 1.14 bits per heavy atom. The van der Waals surface area contributed by atoms with E-state index in [2.05, 4.69) is 32.0 Å². The Bertz CT molecular complexity index is 843. The van der Waals surface area contributed by atoms with Gasteiger partial charge in [-0.3, -0.25) is 4.98 Å². The molecule has 2 aromatic heterocycles. The number of hydrogen-bond acceptors (Lipinski definition) is 4. The topological polar surface area (TPSA) is 64.7 Å². The molecule has 4 nitrogen and oxygen atoms in total. The molecule has 1 aromatic carbocycles. The number of nitrogens with two attached hydrogens (primary N) is 1. The average Bonchev–Trinajstić information content (AvgIpc) is 3.34. The molecule has 5 heteroatoms. The Balaban J connectivity index is 1.87. The molecular formula is C16H13BrN4. The first-order valence-corrected chi connectivity index (χ1v) is 7.70. The number of nitrogen functional groups attached to an aromatic ring is 1. The first-order valence-electron chi connectivity index (χ1n) is 6.90. The number of aromatic nitrogens is 3. The summed E-state index contributed by atoms with van der Waals surface area (Å²) in [6, 6.07) is 10.0. The van der Waals surface area contributed by atoms with E-state index in [1.807, 2.05) is 24.3 Å². The van der Waals surface area contributed by atoms with Gasteiger partial charge in [-0.25, -0.2) is 9.97 Å². The second kappa shape index (κ2) is 4.77. The number of nitrogens with zero attached hydrogens (tertiary/aromatic N) is 3. The van der Waals surface area contributed by atoms with E-state index in [-0.39, 0.29) is 0 Å². The van der Waals surface area contributed by atoms with Crippen molar-refractivity contribution in [1.29, 1.82) is 0 Å². The van der Waals surface area contributed by atoms with E-state index in [9.17, 15) is 0 Å². The van der Waals surface area contributed by atoms with Crippen LogP contribution in [0, 0.1) is 0 Å². The largest absolute Gasteiger partial charge is 0.383 e. The van der Waals surface area contributed by atoms with E-state index in [1.54, 1.807) is 6.20 Å². The first kappa shape index (κ1) is 12.7. The van der Waals surface area contributed by atoms with E-state index in [1.165, 1.54) is 12.8 Å². The van der Waals surface area contributed by atoms with E-state index in [4.69, 9.17) is 10.7 Å². The minimum absolute atomic E-state index is 0.508. The van der Waals surface area contributed by atoms with Crippen LogP contribution in [0.5, 0.6) is 0 Å². The fourth-order valence-electron chi connectivity index (χ4n) is 2.45. The molecule has 1 aliphatic carbocycles. The van der Waals surface area contributed by atoms with Gasteiger partial charge in [0.25, 0.3) is 0 Å². The molecule has 0 bridgehead atoms. The van der Waals surface area contributed by atoms with Crippen molar-refractivity contribution < 1.29 is 0 Å². The summed E-state index contributed by atoms with van der Waals surface area (Å²) < 4.78 is 0.844. The molecule has 0 spiro atoms. The minimum Gasteiger partial charge on any atom is -0.383 e. The molecule has 0 atom stereocenters. The summed E-state index contributed by atoms with van der Waals surface area (Å²) in [5.41, 5.74) is 8.99. The van der Waals surface area contributed by atoms with Crippen molar-refractivity contribution in [3.8, 4) is 11.4 Å². The lowest BCUT2D eigenvalue weighted by Crippen LogP contribution is -2.02. The van der Waals surface area contributed by atoms with Crippen LogP contribution in [0.1, 0.15) is 24.5 Å². The zero-order valence-corrected chi connectivity index (χ0v) is 12.8. The standard InChI is InChI=1S/C16H13BrN4/c17-13-14(9-3-4-9)20-16(21-15(13)18)11-5-6-12-10(8-11)2-1-7-19-12/h1-2,5-9H,3-4H2,(H2,18,20,21). The lowest BCUT2D eigenvalue weighted by molar-refractivity contribution is 0.984. The maximum absolute atomic E-state index is 6.03. The van der Waals surface area contributed by atoms with Gasteiger partial charge in [-0.15, -0.1) is 0 Å². The van der Waals surface area contributed by atoms with Crippen LogP contribution in [0.15, 0.2) is 41.0 Å². The second-order valence-electron chi connectivity index (χ2n) is 5.32. The molecule has 1 saturated carbocycles. The molecular weight excluding hydrogens is 328 g/mol. The number of benzene rings is 1. The lowest BCUT2D eigenvalue weighted by Gasteiger charge is -2.09. The smallest absolute Gasteiger partial charge is 0.161 e. The number of pyridine rings is 1. The van der Waals surface area contributed by atoms with Gasteiger partial charge in [-0.2, -0.15) is 0 Å². The van der Waals surface area contributed by atoms with Crippen LogP contribution < -0.4 is 5.73 Å². The summed E-state index contributed by atoms with van der Waals surface area (Å²) in [4.78, 5) is 13.5. The van der Waals surface area contributed by atoms with Gasteiger partial charge in [0.2, 0.25) is 0 Å². The Morgan fingerprint density at radius 2 is 2.00 bits per heavy atom. The molecule has 2 heterocycles. The van der Waals surface area contributed by atoms with Crippen LogP contribution in [-0.4, -0.2) is 15.0 Å². The van der Waals surface area contributed by atoms with Gasteiger partial charge in [0.15, 0.2) is 5.82 Å². The molecule has 0 unspecified atom stereocenters. The highest BCUT2D eigenvalue weighted by atomic mass is 79.9.